The summed E-state index contributed by atoms with van der Waals surface area (Å²) in [6.45, 7) is 5.39. The van der Waals surface area contributed by atoms with Crippen LogP contribution in [0, 0.1) is 11.1 Å². The first-order chi connectivity index (χ1) is 14.6. The Balaban J connectivity index is 2.31. The van der Waals surface area contributed by atoms with Crippen molar-refractivity contribution in [3.05, 3.63) is 56.1 Å². The zero-order valence-electron chi connectivity index (χ0n) is 17.8. The second-order valence-corrected chi connectivity index (χ2v) is 7.42. The Hall–Kier alpha value is -3.63. The summed E-state index contributed by atoms with van der Waals surface area (Å²) in [6, 6.07) is 2.52. The van der Waals surface area contributed by atoms with Crippen molar-refractivity contribution >= 4 is 23.4 Å². The molecule has 2 rings (SSSR count). The number of nitrogens with two attached hydrogens (primary N) is 1. The lowest BCUT2D eigenvalue weighted by Gasteiger charge is -2.26. The highest BCUT2D eigenvalue weighted by Crippen LogP contribution is 2.19. The van der Waals surface area contributed by atoms with Crippen LogP contribution in [0.1, 0.15) is 44.0 Å². The molecule has 0 fully saturated rings. The Morgan fingerprint density at radius 3 is 2.52 bits per heavy atom. The summed E-state index contributed by atoms with van der Waals surface area (Å²) in [5, 5.41) is 11.1. The largest absolute Gasteiger partial charge is 0.619 e. The highest BCUT2D eigenvalue weighted by atomic mass is 16.5. The first-order valence-electron chi connectivity index (χ1n) is 9.94. The number of esters is 1. The molecule has 2 aromatic heterocycles. The van der Waals surface area contributed by atoms with Crippen molar-refractivity contribution < 1.29 is 19.1 Å². The lowest BCUT2D eigenvalue weighted by molar-refractivity contribution is -0.605. The molecule has 2 heterocycles. The predicted molar refractivity (Wildman–Crippen MR) is 114 cm³/mol. The fourth-order valence-corrected chi connectivity index (χ4v) is 2.90. The summed E-state index contributed by atoms with van der Waals surface area (Å²) in [5.74, 6) is -1.63. The van der Waals surface area contributed by atoms with E-state index >= 15 is 0 Å². The Morgan fingerprint density at radius 2 is 1.94 bits per heavy atom. The number of H-pyrrole nitrogens is 1. The Morgan fingerprint density at radius 1 is 1.29 bits per heavy atom. The van der Waals surface area contributed by atoms with Crippen LogP contribution in [-0.4, -0.2) is 34.6 Å². The van der Waals surface area contributed by atoms with Crippen molar-refractivity contribution in [2.45, 2.75) is 40.2 Å². The molecule has 0 aromatic carbocycles. The molecule has 168 valence electrons. The Bertz CT molecular complexity index is 1040. The molecule has 0 aliphatic carbocycles. The third-order valence-electron chi connectivity index (χ3n) is 4.43. The summed E-state index contributed by atoms with van der Waals surface area (Å²) >= 11 is 0. The Labute approximate surface area is 178 Å². The standard InChI is InChI=1S/C20H27N5O6/c1-4-5-8-24-17(21)16(18(27)22-20(24)29)25(11-13(2)3)15(26)12-31-19(28)14-6-9-23(30)10-7-14/h6-7,9-10,13H,4-5,8,11-12,21H2,1-3H3,(H,22,27,29). The van der Waals surface area contributed by atoms with E-state index in [2.05, 4.69) is 4.98 Å². The second-order valence-electron chi connectivity index (χ2n) is 7.42. The maximum atomic E-state index is 12.9. The number of carbonyl (C=O) groups excluding carboxylic acids is 2. The number of pyridine rings is 1. The van der Waals surface area contributed by atoms with Gasteiger partial charge in [0.2, 0.25) is 0 Å². The van der Waals surface area contributed by atoms with Crippen LogP contribution < -0.4 is 26.6 Å². The van der Waals surface area contributed by atoms with Crippen molar-refractivity contribution in [2.24, 2.45) is 5.92 Å². The molecule has 0 bridgehead atoms. The maximum Gasteiger partial charge on any atom is 0.339 e. The minimum absolute atomic E-state index is 0.0453. The van der Waals surface area contributed by atoms with Crippen LogP contribution in [0.2, 0.25) is 0 Å². The minimum Gasteiger partial charge on any atom is -0.619 e. The van der Waals surface area contributed by atoms with Gasteiger partial charge in [0.05, 0.1) is 5.56 Å². The summed E-state index contributed by atoms with van der Waals surface area (Å²) in [6.07, 6.45) is 3.72. The molecule has 0 radical (unpaired) electrons. The van der Waals surface area contributed by atoms with Crippen LogP contribution in [-0.2, 0) is 16.1 Å². The monoisotopic (exact) mass is 433 g/mol. The number of carbonyl (C=O) groups is 2. The van der Waals surface area contributed by atoms with E-state index in [1.165, 1.54) is 16.7 Å². The molecular weight excluding hydrogens is 406 g/mol. The first-order valence-corrected chi connectivity index (χ1v) is 9.94. The molecule has 0 unspecified atom stereocenters. The van der Waals surface area contributed by atoms with Crippen LogP contribution in [0.4, 0.5) is 11.5 Å². The van der Waals surface area contributed by atoms with Gasteiger partial charge in [-0.2, -0.15) is 4.73 Å². The third-order valence-corrected chi connectivity index (χ3v) is 4.43. The maximum absolute atomic E-state index is 12.9. The van der Waals surface area contributed by atoms with Crippen LogP contribution >= 0.6 is 0 Å². The number of unbranched alkanes of at least 4 members (excludes halogenated alkanes) is 1. The van der Waals surface area contributed by atoms with E-state index in [1.54, 1.807) is 0 Å². The van der Waals surface area contributed by atoms with E-state index in [9.17, 15) is 24.4 Å². The normalized spacial score (nSPS) is 10.8. The average molecular weight is 433 g/mol. The lowest BCUT2D eigenvalue weighted by atomic mass is 10.2. The molecule has 1 amide bonds. The molecular formula is C20H27N5O6. The van der Waals surface area contributed by atoms with Gasteiger partial charge < -0.3 is 20.6 Å². The van der Waals surface area contributed by atoms with Gasteiger partial charge in [0.1, 0.15) is 5.82 Å². The van der Waals surface area contributed by atoms with E-state index < -0.39 is 29.7 Å². The number of nitrogen functional groups attached to an aromatic ring is 1. The first kappa shape index (κ1) is 23.6. The third kappa shape index (κ3) is 5.93. The summed E-state index contributed by atoms with van der Waals surface area (Å²) in [5.41, 5.74) is 4.61. The number of nitrogens with zero attached hydrogens (tertiary/aromatic N) is 3. The van der Waals surface area contributed by atoms with Gasteiger partial charge >= 0.3 is 11.7 Å². The van der Waals surface area contributed by atoms with Crippen LogP contribution in [0.25, 0.3) is 0 Å². The number of hydrogen-bond donors (Lipinski definition) is 2. The zero-order chi connectivity index (χ0) is 23.1. The summed E-state index contributed by atoms with van der Waals surface area (Å²) in [4.78, 5) is 53.0. The highest BCUT2D eigenvalue weighted by molar-refractivity contribution is 5.98. The molecule has 0 spiro atoms. The van der Waals surface area contributed by atoms with Crippen molar-refractivity contribution in [2.75, 3.05) is 23.8 Å². The van der Waals surface area contributed by atoms with Gasteiger partial charge in [0.25, 0.3) is 11.5 Å². The number of aromatic amines is 1. The molecule has 2 aromatic rings. The van der Waals surface area contributed by atoms with E-state index in [4.69, 9.17) is 10.5 Å². The van der Waals surface area contributed by atoms with Crippen LogP contribution in [0.5, 0.6) is 0 Å². The van der Waals surface area contributed by atoms with E-state index in [-0.39, 0.29) is 36.1 Å². The number of rotatable bonds is 9. The van der Waals surface area contributed by atoms with Crippen LogP contribution in [0.15, 0.2) is 34.1 Å². The van der Waals surface area contributed by atoms with Crippen LogP contribution in [0.3, 0.4) is 0 Å². The van der Waals surface area contributed by atoms with Gasteiger partial charge in [0, 0.05) is 25.2 Å². The van der Waals surface area contributed by atoms with Crippen molar-refractivity contribution in [1.29, 1.82) is 0 Å². The van der Waals surface area contributed by atoms with Gasteiger partial charge in [-0.15, -0.1) is 0 Å². The van der Waals surface area contributed by atoms with Gasteiger partial charge in [-0.25, -0.2) is 9.59 Å². The fraction of sp³-hybridized carbons (Fsp3) is 0.450. The fourth-order valence-electron chi connectivity index (χ4n) is 2.90. The molecule has 0 atom stereocenters. The number of anilines is 2. The van der Waals surface area contributed by atoms with E-state index in [1.807, 2.05) is 20.8 Å². The summed E-state index contributed by atoms with van der Waals surface area (Å²) in [7, 11) is 0. The number of amides is 1. The van der Waals surface area contributed by atoms with Gasteiger partial charge in [-0.05, 0) is 12.3 Å². The number of hydrogen-bond acceptors (Lipinski definition) is 7. The summed E-state index contributed by atoms with van der Waals surface area (Å²) < 4.78 is 6.78. The SMILES string of the molecule is CCCCn1c(N)c(N(CC(C)C)C(=O)COC(=O)c2cc[n+]([O-])cc2)c(=O)[nH]c1=O. The van der Waals surface area contributed by atoms with Crippen molar-refractivity contribution in [1.82, 2.24) is 9.55 Å². The van der Waals surface area contributed by atoms with Crippen molar-refractivity contribution in [3.63, 3.8) is 0 Å². The van der Waals surface area contributed by atoms with Gasteiger partial charge in [0.15, 0.2) is 24.7 Å². The van der Waals surface area contributed by atoms with Gasteiger partial charge in [-0.1, -0.05) is 27.2 Å². The Kier molecular flexibility index (Phi) is 7.94. The average Bonchev–Trinajstić information content (AvgIpc) is 2.71. The van der Waals surface area contributed by atoms with E-state index in [0.717, 1.165) is 23.7 Å². The molecule has 0 aliphatic rings. The predicted octanol–water partition coefficient (Wildman–Crippen LogP) is 0.398. The molecule has 0 saturated carbocycles. The van der Waals surface area contributed by atoms with Crippen molar-refractivity contribution in [3.8, 4) is 0 Å². The minimum atomic E-state index is -0.798. The number of ether oxygens (including phenoxy) is 1. The zero-order valence-corrected chi connectivity index (χ0v) is 17.8. The van der Waals surface area contributed by atoms with E-state index in [0.29, 0.717) is 11.2 Å². The topological polar surface area (TPSA) is 154 Å². The van der Waals surface area contributed by atoms with Gasteiger partial charge in [-0.3, -0.25) is 19.1 Å². The number of aromatic nitrogens is 3. The smallest absolute Gasteiger partial charge is 0.339 e. The number of nitrogens with one attached hydrogen (secondary N) is 1. The highest BCUT2D eigenvalue weighted by Gasteiger charge is 2.26. The molecule has 3 N–H and O–H groups in total. The quantitative estimate of drug-likeness (QED) is 0.329. The lowest BCUT2D eigenvalue weighted by Crippen LogP contribution is -2.44. The molecule has 11 heteroatoms. The second kappa shape index (κ2) is 10.4. The molecule has 0 saturated heterocycles. The molecule has 0 aliphatic heterocycles. The molecule has 31 heavy (non-hydrogen) atoms. The molecule has 11 nitrogen and oxygen atoms in total.